The minimum atomic E-state index is -3.58. The molecule has 0 spiro atoms. The average Bonchev–Trinajstić information content (AvgIpc) is 2.91. The molecule has 8 nitrogen and oxygen atoms in total. The normalized spacial score (nSPS) is 10.7. The van der Waals surface area contributed by atoms with Crippen molar-refractivity contribution in [3.05, 3.63) is 47.8 Å². The number of rotatable bonds is 5. The topological polar surface area (TPSA) is 136 Å². The van der Waals surface area contributed by atoms with Crippen LogP contribution < -0.4 is 60.8 Å². The molecular weight excluding hydrogens is 420 g/mol. The Bertz CT molecular complexity index is 1110. The first-order valence-electron chi connectivity index (χ1n) is 7.31. The number of nitrogens with one attached hydrogen (secondary N) is 1. The molecule has 1 aromatic heterocycles. The van der Waals surface area contributed by atoms with Crippen LogP contribution in [0.15, 0.2) is 40.8 Å². The third-order valence-corrected chi connectivity index (χ3v) is 4.22. The summed E-state index contributed by atoms with van der Waals surface area (Å²) in [6, 6.07) is 7.88. The summed E-state index contributed by atoms with van der Waals surface area (Å²) in [7, 11) is -2.26. The van der Waals surface area contributed by atoms with Crippen LogP contribution in [-0.2, 0) is 10.0 Å². The van der Waals surface area contributed by atoms with Crippen molar-refractivity contribution in [2.24, 2.45) is 0 Å². The number of methoxy groups -OCH3 is 1. The second kappa shape index (κ2) is 9.35. The quantitative estimate of drug-likeness (QED) is 0.544. The van der Waals surface area contributed by atoms with Crippen molar-refractivity contribution >= 4 is 32.6 Å². The van der Waals surface area contributed by atoms with E-state index in [1.54, 1.807) is 0 Å². The standard InChI is InChI=1S/C17H14FNO6S.K.H2O/c1-24-14-7-11-13(8-12(14)19-26(2,22)23)25-16(15(11)17(20)21)9-3-5-10(18)6-4-9;;/h3-8,19H,1-2H3,(H,20,21);;1H2/q;+1;/p-1. The fourth-order valence-corrected chi connectivity index (χ4v) is 3.15. The Hall–Kier alpha value is -1.47. The van der Waals surface area contributed by atoms with Gasteiger partial charge in [0.1, 0.15) is 28.5 Å². The molecule has 0 aliphatic heterocycles. The number of ether oxygens (including phenoxy) is 1. The summed E-state index contributed by atoms with van der Waals surface area (Å²) in [5, 5.41) is 9.83. The Morgan fingerprint density at radius 2 is 1.82 bits per heavy atom. The summed E-state index contributed by atoms with van der Waals surface area (Å²) < 4.78 is 49.3. The molecule has 0 atom stereocenters. The summed E-state index contributed by atoms with van der Waals surface area (Å²) in [6.45, 7) is 0. The van der Waals surface area contributed by atoms with Gasteiger partial charge in [-0.2, -0.15) is 0 Å². The van der Waals surface area contributed by atoms with Crippen molar-refractivity contribution in [1.82, 2.24) is 0 Å². The maximum Gasteiger partial charge on any atom is 1.00 e. The molecule has 0 bridgehead atoms. The molecule has 2 aromatic carbocycles. The van der Waals surface area contributed by atoms with E-state index in [-0.39, 0.29) is 90.6 Å². The van der Waals surface area contributed by atoms with Crippen LogP contribution in [0, 0.1) is 5.82 Å². The second-order valence-corrected chi connectivity index (χ2v) is 7.29. The Balaban J connectivity index is 0.00000196. The van der Waals surface area contributed by atoms with Crippen molar-refractivity contribution in [3.8, 4) is 17.1 Å². The maximum absolute atomic E-state index is 13.1. The number of fused-ring (bicyclic) bond motifs is 1. The smallest absolute Gasteiger partial charge is 0.870 e. The first kappa shape index (κ1) is 24.6. The zero-order chi connectivity index (χ0) is 19.1. The third-order valence-electron chi connectivity index (χ3n) is 3.63. The first-order chi connectivity index (χ1) is 12.2. The van der Waals surface area contributed by atoms with Crippen LogP contribution in [0.1, 0.15) is 10.4 Å². The van der Waals surface area contributed by atoms with Gasteiger partial charge in [0.05, 0.1) is 19.1 Å². The van der Waals surface area contributed by atoms with Gasteiger partial charge in [0.15, 0.2) is 0 Å². The SMILES string of the molecule is COc1cc2c(C(=O)O)c(-c3ccc(F)cc3)oc2cc1NS(C)(=O)=O.[K+].[OH-]. The molecule has 0 saturated carbocycles. The largest absolute Gasteiger partial charge is 1.00 e. The van der Waals surface area contributed by atoms with E-state index in [4.69, 9.17) is 9.15 Å². The van der Waals surface area contributed by atoms with Crippen molar-refractivity contribution in [2.45, 2.75) is 0 Å². The van der Waals surface area contributed by atoms with Gasteiger partial charge in [0, 0.05) is 17.0 Å². The molecule has 0 fully saturated rings. The summed E-state index contributed by atoms with van der Waals surface area (Å²) in [4.78, 5) is 11.8. The number of halogens is 1. The van der Waals surface area contributed by atoms with Crippen LogP contribution in [0.5, 0.6) is 5.75 Å². The van der Waals surface area contributed by atoms with Crippen molar-refractivity contribution in [2.75, 3.05) is 18.1 Å². The van der Waals surface area contributed by atoms with Crippen LogP contribution in [0.4, 0.5) is 10.1 Å². The van der Waals surface area contributed by atoms with Gasteiger partial charge in [0.25, 0.3) is 0 Å². The Morgan fingerprint density at radius 3 is 2.32 bits per heavy atom. The van der Waals surface area contributed by atoms with E-state index in [2.05, 4.69) is 4.72 Å². The molecule has 0 unspecified atom stereocenters. The molecule has 0 radical (unpaired) electrons. The van der Waals surface area contributed by atoms with Gasteiger partial charge in [-0.1, -0.05) is 0 Å². The van der Waals surface area contributed by atoms with Gasteiger partial charge in [-0.15, -0.1) is 0 Å². The van der Waals surface area contributed by atoms with E-state index >= 15 is 0 Å². The molecule has 144 valence electrons. The predicted molar refractivity (Wildman–Crippen MR) is 95.5 cm³/mol. The van der Waals surface area contributed by atoms with E-state index in [9.17, 15) is 22.7 Å². The number of carboxylic acids is 1. The van der Waals surface area contributed by atoms with Gasteiger partial charge in [-0.05, 0) is 30.3 Å². The van der Waals surface area contributed by atoms with Crippen molar-refractivity contribution in [1.29, 1.82) is 0 Å². The molecule has 0 saturated heterocycles. The molecule has 0 aliphatic rings. The van der Waals surface area contributed by atoms with Crippen LogP contribution in [0.3, 0.4) is 0 Å². The van der Waals surface area contributed by atoms with Crippen LogP contribution >= 0.6 is 0 Å². The molecule has 3 N–H and O–H groups in total. The number of hydrogen-bond donors (Lipinski definition) is 2. The Labute approximate surface area is 202 Å². The predicted octanol–water partition coefficient (Wildman–Crippen LogP) is 0.144. The molecule has 0 aliphatic carbocycles. The van der Waals surface area contributed by atoms with Gasteiger partial charge in [0.2, 0.25) is 10.0 Å². The van der Waals surface area contributed by atoms with E-state index in [1.807, 2.05) is 0 Å². The second-order valence-electron chi connectivity index (χ2n) is 5.54. The number of carbonyl (C=O) groups is 1. The van der Waals surface area contributed by atoms with Gasteiger partial charge in [-0.25, -0.2) is 17.6 Å². The van der Waals surface area contributed by atoms with Gasteiger partial charge in [-0.3, -0.25) is 4.72 Å². The molecule has 11 heteroatoms. The van der Waals surface area contributed by atoms with E-state index in [1.165, 1.54) is 43.5 Å². The average molecular weight is 435 g/mol. The summed E-state index contributed by atoms with van der Waals surface area (Å²) >= 11 is 0. The van der Waals surface area contributed by atoms with Crippen LogP contribution in [-0.4, -0.2) is 38.3 Å². The molecule has 3 rings (SSSR count). The van der Waals surface area contributed by atoms with E-state index < -0.39 is 21.8 Å². The number of aromatic carboxylic acids is 1. The zero-order valence-corrected chi connectivity index (χ0v) is 19.1. The number of sulfonamides is 1. The minimum Gasteiger partial charge on any atom is -0.870 e. The summed E-state index contributed by atoms with van der Waals surface area (Å²) in [5.41, 5.74) is 0.500. The summed E-state index contributed by atoms with van der Waals surface area (Å²) in [6.07, 6.45) is 0.978. The number of furan rings is 1. The summed E-state index contributed by atoms with van der Waals surface area (Å²) in [5.74, 6) is -1.54. The fourth-order valence-electron chi connectivity index (χ4n) is 2.59. The Morgan fingerprint density at radius 1 is 1.21 bits per heavy atom. The molecule has 0 amide bonds. The monoisotopic (exact) mass is 435 g/mol. The molecule has 1 heterocycles. The fraction of sp³-hybridized carbons (Fsp3) is 0.118. The molecule has 3 aromatic rings. The number of benzene rings is 2. The number of hydrogen-bond acceptors (Lipinski definition) is 6. The Kier molecular flexibility index (Phi) is 8.20. The van der Waals surface area contributed by atoms with Crippen molar-refractivity contribution in [3.63, 3.8) is 0 Å². The van der Waals surface area contributed by atoms with Gasteiger partial charge >= 0.3 is 57.4 Å². The zero-order valence-electron chi connectivity index (χ0n) is 15.2. The number of anilines is 1. The van der Waals surface area contributed by atoms with E-state index in [0.717, 1.165) is 6.26 Å². The molecule has 28 heavy (non-hydrogen) atoms. The number of carboxylic acid groups (broad SMARTS) is 1. The first-order valence-corrected chi connectivity index (χ1v) is 9.20. The van der Waals surface area contributed by atoms with Crippen molar-refractivity contribution < 1.29 is 88.7 Å². The van der Waals surface area contributed by atoms with Crippen LogP contribution in [0.2, 0.25) is 0 Å². The maximum atomic E-state index is 13.1. The minimum absolute atomic E-state index is 0. The van der Waals surface area contributed by atoms with Gasteiger partial charge < -0.3 is 19.7 Å². The van der Waals surface area contributed by atoms with Crippen LogP contribution in [0.25, 0.3) is 22.3 Å². The van der Waals surface area contributed by atoms with E-state index in [0.29, 0.717) is 5.56 Å². The third kappa shape index (κ3) is 5.11. The molecular formula is C17H15FKNO7S.